The van der Waals surface area contributed by atoms with Crippen LogP contribution < -0.4 is 4.90 Å². The van der Waals surface area contributed by atoms with Crippen molar-refractivity contribution in [2.75, 3.05) is 4.90 Å². The highest BCUT2D eigenvalue weighted by Crippen LogP contribution is 2.42. The van der Waals surface area contributed by atoms with E-state index in [9.17, 15) is 19.1 Å². The van der Waals surface area contributed by atoms with Crippen LogP contribution in [0.15, 0.2) is 76.9 Å². The highest BCUT2D eigenvalue weighted by molar-refractivity contribution is 6.51. The SMILES string of the molecule is CCc1ccc(/C(O)=C2/C(=O)C(=O)N(c3cccc(F)c3)C2c2ccco2)cc1. The molecule has 0 radical (unpaired) electrons. The van der Waals surface area contributed by atoms with E-state index >= 15 is 0 Å². The quantitative estimate of drug-likeness (QED) is 0.401. The molecule has 5 nitrogen and oxygen atoms in total. The maximum Gasteiger partial charge on any atom is 0.300 e. The molecule has 0 saturated carbocycles. The van der Waals surface area contributed by atoms with Gasteiger partial charge < -0.3 is 9.52 Å². The Kier molecular flexibility index (Phi) is 4.76. The molecule has 1 unspecified atom stereocenters. The van der Waals surface area contributed by atoms with Crippen LogP contribution in [0.3, 0.4) is 0 Å². The molecule has 29 heavy (non-hydrogen) atoms. The zero-order valence-corrected chi connectivity index (χ0v) is 15.6. The number of aliphatic hydroxyl groups is 1. The van der Waals surface area contributed by atoms with E-state index in [0.717, 1.165) is 23.0 Å². The molecular formula is C23H18FNO4. The zero-order chi connectivity index (χ0) is 20.5. The summed E-state index contributed by atoms with van der Waals surface area (Å²) in [4.78, 5) is 26.9. The van der Waals surface area contributed by atoms with Crippen molar-refractivity contribution < 1.29 is 23.5 Å². The summed E-state index contributed by atoms with van der Waals surface area (Å²) in [5.41, 5.74) is 1.59. The Morgan fingerprint density at radius 3 is 2.48 bits per heavy atom. The molecule has 4 rings (SSSR count). The summed E-state index contributed by atoms with van der Waals surface area (Å²) >= 11 is 0. The smallest absolute Gasteiger partial charge is 0.300 e. The predicted molar refractivity (Wildman–Crippen MR) is 106 cm³/mol. The summed E-state index contributed by atoms with van der Waals surface area (Å²) in [6, 6.07) is 14.7. The minimum atomic E-state index is -1.00. The number of carbonyl (C=O) groups is 2. The maximum absolute atomic E-state index is 13.8. The van der Waals surface area contributed by atoms with Crippen molar-refractivity contribution in [1.29, 1.82) is 0 Å². The molecule has 1 aromatic heterocycles. The average Bonchev–Trinajstić information content (AvgIpc) is 3.35. The van der Waals surface area contributed by atoms with E-state index in [4.69, 9.17) is 4.42 Å². The third-order valence-electron chi connectivity index (χ3n) is 4.98. The Morgan fingerprint density at radius 1 is 1.10 bits per heavy atom. The van der Waals surface area contributed by atoms with E-state index < -0.39 is 23.5 Å². The minimum Gasteiger partial charge on any atom is -0.507 e. The molecule has 1 aliphatic rings. The number of benzene rings is 2. The van der Waals surface area contributed by atoms with E-state index in [1.807, 2.05) is 19.1 Å². The van der Waals surface area contributed by atoms with Gasteiger partial charge in [0.15, 0.2) is 0 Å². The summed E-state index contributed by atoms with van der Waals surface area (Å²) in [6.45, 7) is 2.01. The number of anilines is 1. The number of aliphatic hydroxyl groups excluding tert-OH is 1. The molecular weight excluding hydrogens is 373 g/mol. The van der Waals surface area contributed by atoms with Gasteiger partial charge in [-0.15, -0.1) is 0 Å². The largest absolute Gasteiger partial charge is 0.507 e. The summed E-state index contributed by atoms with van der Waals surface area (Å²) in [6.07, 6.45) is 2.24. The number of hydrogen-bond donors (Lipinski definition) is 1. The lowest BCUT2D eigenvalue weighted by atomic mass is 9.98. The number of carbonyl (C=O) groups excluding carboxylic acids is 2. The molecule has 0 spiro atoms. The fraction of sp³-hybridized carbons (Fsp3) is 0.130. The van der Waals surface area contributed by atoms with E-state index in [0.29, 0.717) is 11.3 Å². The van der Waals surface area contributed by atoms with Gasteiger partial charge in [0.1, 0.15) is 23.4 Å². The lowest BCUT2D eigenvalue weighted by molar-refractivity contribution is -0.132. The number of nitrogens with zero attached hydrogens (tertiary/aromatic N) is 1. The number of halogens is 1. The summed E-state index contributed by atoms with van der Waals surface area (Å²) in [5, 5.41) is 10.9. The molecule has 2 heterocycles. The van der Waals surface area contributed by atoms with E-state index in [1.54, 1.807) is 24.3 Å². The molecule has 146 valence electrons. The Bertz CT molecular complexity index is 1100. The first-order chi connectivity index (χ1) is 14.0. The highest BCUT2D eigenvalue weighted by Gasteiger charge is 2.48. The summed E-state index contributed by atoms with van der Waals surface area (Å²) in [5.74, 6) is -2.26. The Hall–Kier alpha value is -3.67. The van der Waals surface area contributed by atoms with Gasteiger partial charge in [-0.2, -0.15) is 0 Å². The number of rotatable bonds is 4. The Morgan fingerprint density at radius 2 is 1.86 bits per heavy atom. The van der Waals surface area contributed by atoms with Crippen LogP contribution in [-0.4, -0.2) is 16.8 Å². The van der Waals surface area contributed by atoms with E-state index in [2.05, 4.69) is 0 Å². The molecule has 6 heteroatoms. The Labute approximate surface area is 166 Å². The van der Waals surface area contributed by atoms with E-state index in [-0.39, 0.29) is 17.0 Å². The van der Waals surface area contributed by atoms with Gasteiger partial charge in [-0.1, -0.05) is 37.3 Å². The molecule has 0 aliphatic carbocycles. The first-order valence-electron chi connectivity index (χ1n) is 9.20. The third kappa shape index (κ3) is 3.23. The van der Waals surface area contributed by atoms with Crippen molar-refractivity contribution >= 4 is 23.1 Å². The van der Waals surface area contributed by atoms with Crippen molar-refractivity contribution in [3.63, 3.8) is 0 Å². The molecule has 1 N–H and O–H groups in total. The zero-order valence-electron chi connectivity index (χ0n) is 15.6. The summed E-state index contributed by atoms with van der Waals surface area (Å²) < 4.78 is 19.3. The molecule has 2 aromatic carbocycles. The molecule has 1 fully saturated rings. The first-order valence-corrected chi connectivity index (χ1v) is 9.20. The number of Topliss-reactive ketones (excluding diaryl/α,β-unsaturated/α-hetero) is 1. The standard InChI is InChI=1S/C23H18FNO4/c1-2-14-8-10-15(11-9-14)21(26)19-20(18-7-4-12-29-18)25(23(28)22(19)27)17-6-3-5-16(24)13-17/h3-13,20,26H,2H2,1H3/b21-19-. The van der Waals surface area contributed by atoms with Gasteiger partial charge >= 0.3 is 0 Å². The van der Waals surface area contributed by atoms with Crippen LogP contribution in [0, 0.1) is 5.82 Å². The number of hydrogen-bond acceptors (Lipinski definition) is 4. The number of ketones is 1. The number of amides is 1. The lowest BCUT2D eigenvalue weighted by Gasteiger charge is -2.23. The fourth-order valence-corrected chi connectivity index (χ4v) is 3.49. The van der Waals surface area contributed by atoms with Gasteiger partial charge in [-0.05, 0) is 42.3 Å². The molecule has 1 amide bonds. The molecule has 1 atom stereocenters. The topological polar surface area (TPSA) is 70.8 Å². The van der Waals surface area contributed by atoms with Gasteiger partial charge in [0.2, 0.25) is 0 Å². The lowest BCUT2D eigenvalue weighted by Crippen LogP contribution is -2.29. The van der Waals surface area contributed by atoms with Crippen molar-refractivity contribution in [1.82, 2.24) is 0 Å². The molecule has 1 saturated heterocycles. The van der Waals surface area contributed by atoms with Crippen LogP contribution in [-0.2, 0) is 16.0 Å². The number of aryl methyl sites for hydroxylation is 1. The van der Waals surface area contributed by atoms with Crippen LogP contribution in [0.1, 0.15) is 29.9 Å². The molecule has 3 aromatic rings. The van der Waals surface area contributed by atoms with Crippen molar-refractivity contribution in [3.8, 4) is 0 Å². The first kappa shape index (κ1) is 18.7. The predicted octanol–water partition coefficient (Wildman–Crippen LogP) is 4.61. The van der Waals surface area contributed by atoms with Crippen LogP contribution in [0.25, 0.3) is 5.76 Å². The van der Waals surface area contributed by atoms with Crippen molar-refractivity contribution in [2.24, 2.45) is 0 Å². The van der Waals surface area contributed by atoms with Crippen LogP contribution in [0.2, 0.25) is 0 Å². The fourth-order valence-electron chi connectivity index (χ4n) is 3.49. The van der Waals surface area contributed by atoms with Gasteiger partial charge in [-0.25, -0.2) is 4.39 Å². The third-order valence-corrected chi connectivity index (χ3v) is 4.98. The van der Waals surface area contributed by atoms with Crippen LogP contribution >= 0.6 is 0 Å². The van der Waals surface area contributed by atoms with Gasteiger partial charge in [0.25, 0.3) is 11.7 Å². The monoisotopic (exact) mass is 391 g/mol. The minimum absolute atomic E-state index is 0.0986. The van der Waals surface area contributed by atoms with Gasteiger partial charge in [0, 0.05) is 11.3 Å². The number of furan rings is 1. The average molecular weight is 391 g/mol. The summed E-state index contributed by atoms with van der Waals surface area (Å²) in [7, 11) is 0. The maximum atomic E-state index is 13.8. The molecule has 0 bridgehead atoms. The second kappa shape index (κ2) is 7.39. The van der Waals surface area contributed by atoms with Crippen LogP contribution in [0.4, 0.5) is 10.1 Å². The molecule has 1 aliphatic heterocycles. The van der Waals surface area contributed by atoms with Crippen LogP contribution in [0.5, 0.6) is 0 Å². The van der Waals surface area contributed by atoms with Gasteiger partial charge in [0.05, 0.1) is 11.8 Å². The van der Waals surface area contributed by atoms with Crippen molar-refractivity contribution in [3.05, 3.63) is 95.2 Å². The van der Waals surface area contributed by atoms with Gasteiger partial charge in [-0.3, -0.25) is 14.5 Å². The van der Waals surface area contributed by atoms with E-state index in [1.165, 1.54) is 24.5 Å². The Balaban J connectivity index is 1.90. The second-order valence-corrected chi connectivity index (χ2v) is 6.71. The normalized spacial score (nSPS) is 18.4. The van der Waals surface area contributed by atoms with Crippen molar-refractivity contribution in [2.45, 2.75) is 19.4 Å². The highest BCUT2D eigenvalue weighted by atomic mass is 19.1. The second-order valence-electron chi connectivity index (χ2n) is 6.71.